The van der Waals surface area contributed by atoms with E-state index in [0.717, 1.165) is 11.1 Å². The third kappa shape index (κ3) is 3.91. The molecule has 0 aliphatic rings. The molecule has 1 aromatic heterocycles. The molecule has 0 saturated carbocycles. The van der Waals surface area contributed by atoms with Crippen LogP contribution >= 0.6 is 0 Å². The van der Waals surface area contributed by atoms with E-state index in [-0.39, 0.29) is 46.5 Å². The van der Waals surface area contributed by atoms with E-state index in [4.69, 9.17) is 0 Å². The molecule has 102 valence electrons. The molecule has 0 aliphatic heterocycles. The minimum atomic E-state index is -1.35. The number of aromatic carboxylic acids is 1. The van der Waals surface area contributed by atoms with E-state index >= 15 is 0 Å². The first-order chi connectivity index (χ1) is 9.52. The maximum atomic E-state index is 11.6. The third-order valence-electron chi connectivity index (χ3n) is 2.97. The van der Waals surface area contributed by atoms with Crippen molar-refractivity contribution in [2.45, 2.75) is 6.92 Å². The minimum absolute atomic E-state index is 0. The molecule has 0 bridgehead atoms. The number of benzene rings is 1. The quantitative estimate of drug-likeness (QED) is 0.540. The van der Waals surface area contributed by atoms with Crippen molar-refractivity contribution in [3.05, 3.63) is 47.7 Å². The Morgan fingerprint density at radius 1 is 1.10 bits per heavy atom. The van der Waals surface area contributed by atoms with Gasteiger partial charge in [-0.2, -0.15) is 0 Å². The number of pyridine rings is 1. The second-order valence-electron chi connectivity index (χ2n) is 4.28. The summed E-state index contributed by atoms with van der Waals surface area (Å²) < 4.78 is 0. The van der Waals surface area contributed by atoms with Crippen LogP contribution in [-0.4, -0.2) is 23.8 Å². The van der Waals surface area contributed by atoms with Crippen LogP contribution in [0.15, 0.2) is 36.5 Å². The van der Waals surface area contributed by atoms with Crippen LogP contribution in [-0.2, 0) is 0 Å². The summed E-state index contributed by atoms with van der Waals surface area (Å²) in [5.41, 5.74) is 1.64. The van der Waals surface area contributed by atoms with Gasteiger partial charge in [0.15, 0.2) is 5.78 Å². The van der Waals surface area contributed by atoms with Crippen LogP contribution in [0.3, 0.4) is 0 Å². The fourth-order valence-corrected chi connectivity index (χ4v) is 1.94. The zero-order chi connectivity index (χ0) is 14.7. The topological polar surface area (TPSA) is 82.1 Å². The van der Waals surface area contributed by atoms with Gasteiger partial charge in [0.2, 0.25) is 0 Å². The fourth-order valence-electron chi connectivity index (χ4n) is 1.94. The first-order valence-corrected chi connectivity index (χ1v) is 6.03. The Morgan fingerprint density at radius 2 is 1.76 bits per heavy atom. The molecule has 2 rings (SSSR count). The van der Waals surface area contributed by atoms with E-state index in [1.54, 1.807) is 31.4 Å². The molecule has 2 aromatic rings. The van der Waals surface area contributed by atoms with Crippen LogP contribution in [0.5, 0.6) is 0 Å². The third-order valence-corrected chi connectivity index (χ3v) is 2.97. The number of Topliss-reactive ketones (excluding diaryl/α,β-unsaturated/α-hetero) is 1. The number of rotatable bonds is 4. The number of ketones is 1. The number of nitrogens with zero attached hydrogens (tertiary/aromatic N) is 1. The molecule has 0 fully saturated rings. The van der Waals surface area contributed by atoms with Gasteiger partial charge in [0.1, 0.15) is 5.82 Å². The Hall–Kier alpha value is -1.69. The van der Waals surface area contributed by atoms with Crippen LogP contribution in [0.2, 0.25) is 0 Å². The van der Waals surface area contributed by atoms with Crippen molar-refractivity contribution >= 4 is 17.6 Å². The maximum Gasteiger partial charge on any atom is 1.00 e. The number of carboxylic acid groups (broad SMARTS) is 1. The molecule has 21 heavy (non-hydrogen) atoms. The zero-order valence-electron chi connectivity index (χ0n) is 12.1. The summed E-state index contributed by atoms with van der Waals surface area (Å²) in [6, 6.07) is 8.20. The molecule has 0 amide bonds. The van der Waals surface area contributed by atoms with Crippen LogP contribution in [0.1, 0.15) is 27.6 Å². The van der Waals surface area contributed by atoms with Gasteiger partial charge in [0.25, 0.3) is 0 Å². The Balaban J connectivity index is 0.00000220. The normalized spacial score (nSPS) is 9.62. The number of aromatic nitrogens is 1. The molecule has 1 heterocycles. The van der Waals surface area contributed by atoms with Gasteiger partial charge in [-0.3, -0.25) is 4.79 Å². The average molecular weight is 292 g/mol. The van der Waals surface area contributed by atoms with Crippen molar-refractivity contribution in [1.29, 1.82) is 0 Å². The molecule has 0 saturated heterocycles. The van der Waals surface area contributed by atoms with Crippen molar-refractivity contribution in [2.24, 2.45) is 0 Å². The van der Waals surface area contributed by atoms with Gasteiger partial charge < -0.3 is 15.2 Å². The smallest absolute Gasteiger partial charge is 0.545 e. The molecule has 0 unspecified atom stereocenters. The number of nitrogens with one attached hydrogen (secondary N) is 1. The Bertz CT molecular complexity index is 686. The Morgan fingerprint density at radius 3 is 2.33 bits per heavy atom. The number of anilines is 1. The summed E-state index contributed by atoms with van der Waals surface area (Å²) in [5.74, 6) is -0.975. The van der Waals surface area contributed by atoms with Crippen LogP contribution < -0.4 is 40.0 Å². The van der Waals surface area contributed by atoms with Gasteiger partial charge in [-0.05, 0) is 36.2 Å². The summed E-state index contributed by atoms with van der Waals surface area (Å²) >= 11 is 0. The average Bonchev–Trinajstić information content (AvgIpc) is 2.46. The Kier molecular flexibility index (Phi) is 6.08. The summed E-state index contributed by atoms with van der Waals surface area (Å²) in [4.78, 5) is 26.7. The van der Waals surface area contributed by atoms with Crippen molar-refractivity contribution in [3.8, 4) is 11.1 Å². The Labute approximate surface area is 144 Å². The van der Waals surface area contributed by atoms with Gasteiger partial charge >= 0.3 is 29.6 Å². The number of hydrogen-bond donors (Lipinski definition) is 1. The standard InChI is InChI=1S/C15H14N2O3.Na/c1-9(18)13-7-10(3-4-12(13)15(19)20)11-5-6-17-14(8-11)16-2;/h3-8H,1-2H3,(H,16,17)(H,19,20);/q;+1/p-1. The zero-order valence-corrected chi connectivity index (χ0v) is 14.1. The van der Waals surface area contributed by atoms with E-state index in [2.05, 4.69) is 10.3 Å². The molecule has 6 heteroatoms. The summed E-state index contributed by atoms with van der Waals surface area (Å²) in [5, 5.41) is 13.9. The molecule has 0 atom stereocenters. The van der Waals surface area contributed by atoms with Gasteiger partial charge in [-0.15, -0.1) is 0 Å². The number of carbonyl (C=O) groups excluding carboxylic acids is 2. The van der Waals surface area contributed by atoms with Gasteiger partial charge in [0, 0.05) is 24.4 Å². The predicted octanol–water partition coefficient (Wildman–Crippen LogP) is -1.64. The van der Waals surface area contributed by atoms with E-state index in [9.17, 15) is 14.7 Å². The minimum Gasteiger partial charge on any atom is -0.545 e. The molecule has 0 spiro atoms. The molecular weight excluding hydrogens is 279 g/mol. The van der Waals surface area contributed by atoms with Gasteiger partial charge in [-0.25, -0.2) is 4.98 Å². The first kappa shape index (κ1) is 17.4. The van der Waals surface area contributed by atoms with Crippen molar-refractivity contribution in [2.75, 3.05) is 12.4 Å². The molecule has 5 nitrogen and oxygen atoms in total. The van der Waals surface area contributed by atoms with Crippen molar-refractivity contribution < 1.29 is 44.3 Å². The number of carboxylic acids is 1. The van der Waals surface area contributed by atoms with Crippen molar-refractivity contribution in [3.63, 3.8) is 0 Å². The summed E-state index contributed by atoms with van der Waals surface area (Å²) in [7, 11) is 1.76. The van der Waals surface area contributed by atoms with Crippen LogP contribution in [0.4, 0.5) is 5.82 Å². The molecule has 1 aromatic carbocycles. The van der Waals surface area contributed by atoms with Gasteiger partial charge in [0.05, 0.1) is 5.97 Å². The van der Waals surface area contributed by atoms with E-state index in [0.29, 0.717) is 5.82 Å². The summed E-state index contributed by atoms with van der Waals surface area (Å²) in [6.45, 7) is 1.33. The van der Waals surface area contributed by atoms with Crippen LogP contribution in [0, 0.1) is 0 Å². The van der Waals surface area contributed by atoms with E-state index < -0.39 is 5.97 Å². The number of hydrogen-bond acceptors (Lipinski definition) is 5. The van der Waals surface area contributed by atoms with E-state index in [1.807, 2.05) is 6.07 Å². The summed E-state index contributed by atoms with van der Waals surface area (Å²) in [6.07, 6.45) is 1.64. The SMILES string of the molecule is CNc1cc(-c2ccc(C(=O)[O-])c(C(C)=O)c2)ccn1.[Na+]. The van der Waals surface area contributed by atoms with E-state index in [1.165, 1.54) is 13.0 Å². The predicted molar refractivity (Wildman–Crippen MR) is 73.6 cm³/mol. The first-order valence-electron chi connectivity index (χ1n) is 6.03. The van der Waals surface area contributed by atoms with Gasteiger partial charge in [-0.1, -0.05) is 12.1 Å². The monoisotopic (exact) mass is 292 g/mol. The molecule has 0 radical (unpaired) electrons. The van der Waals surface area contributed by atoms with Crippen LogP contribution in [0.25, 0.3) is 11.1 Å². The second-order valence-corrected chi connectivity index (χ2v) is 4.28. The maximum absolute atomic E-state index is 11.6. The molecule has 0 aliphatic carbocycles. The molecule has 1 N–H and O–H groups in total. The number of carbonyl (C=O) groups is 2. The van der Waals surface area contributed by atoms with Crippen molar-refractivity contribution in [1.82, 2.24) is 4.98 Å². The fraction of sp³-hybridized carbons (Fsp3) is 0.133. The molecular formula is C15H13N2NaO3. The second kappa shape index (κ2) is 7.36. The largest absolute Gasteiger partial charge is 1.00 e.